The summed E-state index contributed by atoms with van der Waals surface area (Å²) in [6.45, 7) is 5.06. The van der Waals surface area contributed by atoms with Crippen molar-refractivity contribution in [2.45, 2.75) is 38.6 Å². The molecule has 4 rings (SSSR count). The minimum absolute atomic E-state index is 0.114. The standard InChI is InChI=1S/C20H25N5O2/c1-15-18(7-4-8-22-15)27-19-13-21-12-16(23-19)17-6-5-11-25(17)14-20(26)24-9-2-3-10-24/h4,7-8,12-13,17H,2-3,5-6,9-11,14H2,1H3. The number of nitrogens with zero attached hydrogens (tertiary/aromatic N) is 5. The molecule has 0 aliphatic carbocycles. The molecule has 0 saturated carbocycles. The van der Waals surface area contributed by atoms with Gasteiger partial charge in [0, 0.05) is 19.3 Å². The Balaban J connectivity index is 1.47. The highest BCUT2D eigenvalue weighted by molar-refractivity contribution is 5.78. The molecular formula is C20H25N5O2. The highest BCUT2D eigenvalue weighted by Gasteiger charge is 2.31. The average molecular weight is 367 g/mol. The Labute approximate surface area is 159 Å². The predicted octanol–water partition coefficient (Wildman–Crippen LogP) is 2.73. The SMILES string of the molecule is Cc1ncccc1Oc1cncc(C2CCCN2CC(=O)N2CCCC2)n1. The minimum Gasteiger partial charge on any atom is -0.436 e. The van der Waals surface area contributed by atoms with Crippen molar-refractivity contribution in [3.8, 4) is 11.6 Å². The molecule has 7 heteroatoms. The van der Waals surface area contributed by atoms with Crippen molar-refractivity contribution < 1.29 is 9.53 Å². The number of hydrogen-bond acceptors (Lipinski definition) is 6. The minimum atomic E-state index is 0.114. The Kier molecular flexibility index (Phi) is 5.29. The van der Waals surface area contributed by atoms with Crippen molar-refractivity contribution in [1.82, 2.24) is 24.8 Å². The van der Waals surface area contributed by atoms with Crippen LogP contribution in [0, 0.1) is 6.92 Å². The second-order valence-electron chi connectivity index (χ2n) is 7.19. The van der Waals surface area contributed by atoms with Crippen molar-refractivity contribution in [2.24, 2.45) is 0 Å². The maximum Gasteiger partial charge on any atom is 0.238 e. The summed E-state index contributed by atoms with van der Waals surface area (Å²) in [6.07, 6.45) is 9.42. The first-order valence-corrected chi connectivity index (χ1v) is 9.64. The van der Waals surface area contributed by atoms with Gasteiger partial charge in [0.05, 0.1) is 36.4 Å². The lowest BCUT2D eigenvalue weighted by atomic mass is 10.1. The number of aryl methyl sites for hydroxylation is 1. The summed E-state index contributed by atoms with van der Waals surface area (Å²) in [6, 6.07) is 3.82. The van der Waals surface area contributed by atoms with Crippen molar-refractivity contribution in [1.29, 1.82) is 0 Å². The quantitative estimate of drug-likeness (QED) is 0.809. The number of carbonyl (C=O) groups is 1. The molecule has 7 nitrogen and oxygen atoms in total. The Morgan fingerprint density at radius 1 is 1.22 bits per heavy atom. The lowest BCUT2D eigenvalue weighted by molar-refractivity contribution is -0.131. The highest BCUT2D eigenvalue weighted by Crippen LogP contribution is 2.32. The van der Waals surface area contributed by atoms with Crippen LogP contribution in [0.2, 0.25) is 0 Å². The van der Waals surface area contributed by atoms with E-state index in [0.29, 0.717) is 18.2 Å². The molecule has 0 N–H and O–H groups in total. The number of hydrogen-bond donors (Lipinski definition) is 0. The van der Waals surface area contributed by atoms with Crippen LogP contribution in [0.3, 0.4) is 0 Å². The van der Waals surface area contributed by atoms with Gasteiger partial charge in [-0.2, -0.15) is 0 Å². The summed E-state index contributed by atoms with van der Waals surface area (Å²) in [4.78, 5) is 30.0. The van der Waals surface area contributed by atoms with E-state index in [4.69, 9.17) is 4.74 Å². The molecular weight excluding hydrogens is 342 g/mol. The van der Waals surface area contributed by atoms with E-state index in [1.807, 2.05) is 24.0 Å². The smallest absolute Gasteiger partial charge is 0.238 e. The van der Waals surface area contributed by atoms with Crippen molar-refractivity contribution in [3.63, 3.8) is 0 Å². The fourth-order valence-electron chi connectivity index (χ4n) is 3.85. The Morgan fingerprint density at radius 2 is 2.07 bits per heavy atom. The van der Waals surface area contributed by atoms with Gasteiger partial charge < -0.3 is 9.64 Å². The summed E-state index contributed by atoms with van der Waals surface area (Å²) in [5.41, 5.74) is 1.67. The predicted molar refractivity (Wildman–Crippen MR) is 100 cm³/mol. The third kappa shape index (κ3) is 4.08. The number of pyridine rings is 1. The molecule has 1 unspecified atom stereocenters. The van der Waals surface area contributed by atoms with Crippen LogP contribution in [0.15, 0.2) is 30.7 Å². The molecule has 0 bridgehead atoms. The number of aromatic nitrogens is 3. The number of amides is 1. The normalized spacial score (nSPS) is 20.2. The van der Waals surface area contributed by atoms with Crippen LogP contribution < -0.4 is 4.74 Å². The first-order valence-electron chi connectivity index (χ1n) is 9.64. The third-order valence-electron chi connectivity index (χ3n) is 5.31. The zero-order chi connectivity index (χ0) is 18.6. The fraction of sp³-hybridized carbons (Fsp3) is 0.500. The zero-order valence-corrected chi connectivity index (χ0v) is 15.7. The van der Waals surface area contributed by atoms with Gasteiger partial charge in [-0.25, -0.2) is 4.98 Å². The van der Waals surface area contributed by atoms with E-state index in [1.165, 1.54) is 0 Å². The van der Waals surface area contributed by atoms with Gasteiger partial charge in [-0.1, -0.05) is 0 Å². The lowest BCUT2D eigenvalue weighted by Gasteiger charge is -2.26. The summed E-state index contributed by atoms with van der Waals surface area (Å²) < 4.78 is 5.88. The van der Waals surface area contributed by atoms with Gasteiger partial charge in [-0.05, 0) is 51.3 Å². The molecule has 2 aromatic heterocycles. The van der Waals surface area contributed by atoms with E-state index in [1.54, 1.807) is 18.6 Å². The summed E-state index contributed by atoms with van der Waals surface area (Å²) in [5, 5.41) is 0. The van der Waals surface area contributed by atoms with Crippen molar-refractivity contribution in [2.75, 3.05) is 26.2 Å². The molecule has 142 valence electrons. The lowest BCUT2D eigenvalue weighted by Crippen LogP contribution is -2.38. The monoisotopic (exact) mass is 367 g/mol. The van der Waals surface area contributed by atoms with E-state index < -0.39 is 0 Å². The number of ether oxygens (including phenoxy) is 1. The van der Waals surface area contributed by atoms with Crippen LogP contribution in [-0.2, 0) is 4.79 Å². The Bertz CT molecular complexity index is 806. The number of rotatable bonds is 5. The van der Waals surface area contributed by atoms with Gasteiger partial charge in [0.25, 0.3) is 0 Å². The highest BCUT2D eigenvalue weighted by atomic mass is 16.5. The first-order chi connectivity index (χ1) is 13.2. The summed E-state index contributed by atoms with van der Waals surface area (Å²) in [7, 11) is 0. The van der Waals surface area contributed by atoms with Gasteiger partial charge in [-0.3, -0.25) is 19.7 Å². The Hall–Kier alpha value is -2.54. The maximum atomic E-state index is 12.5. The van der Waals surface area contributed by atoms with E-state index in [-0.39, 0.29) is 11.9 Å². The number of likely N-dealkylation sites (tertiary alicyclic amines) is 2. The van der Waals surface area contributed by atoms with E-state index in [0.717, 1.165) is 56.7 Å². The average Bonchev–Trinajstić information content (AvgIpc) is 3.36. The maximum absolute atomic E-state index is 12.5. The van der Waals surface area contributed by atoms with Gasteiger partial charge in [0.2, 0.25) is 11.8 Å². The molecule has 4 heterocycles. The second-order valence-corrected chi connectivity index (χ2v) is 7.19. The molecule has 2 saturated heterocycles. The van der Waals surface area contributed by atoms with Gasteiger partial charge in [-0.15, -0.1) is 0 Å². The molecule has 2 aromatic rings. The van der Waals surface area contributed by atoms with Crippen LogP contribution in [0.25, 0.3) is 0 Å². The first kappa shape index (κ1) is 17.9. The molecule has 0 radical (unpaired) electrons. The summed E-state index contributed by atoms with van der Waals surface area (Å²) >= 11 is 0. The van der Waals surface area contributed by atoms with E-state index >= 15 is 0 Å². The largest absolute Gasteiger partial charge is 0.436 e. The van der Waals surface area contributed by atoms with Crippen LogP contribution in [0.5, 0.6) is 11.6 Å². The van der Waals surface area contributed by atoms with Crippen LogP contribution in [-0.4, -0.2) is 56.8 Å². The van der Waals surface area contributed by atoms with Crippen LogP contribution in [0.4, 0.5) is 0 Å². The fourth-order valence-corrected chi connectivity index (χ4v) is 3.85. The summed E-state index contributed by atoms with van der Waals surface area (Å²) in [5.74, 6) is 1.36. The molecule has 0 spiro atoms. The van der Waals surface area contributed by atoms with Crippen LogP contribution in [0.1, 0.15) is 43.1 Å². The molecule has 1 amide bonds. The molecule has 0 aromatic carbocycles. The van der Waals surface area contributed by atoms with E-state index in [9.17, 15) is 4.79 Å². The van der Waals surface area contributed by atoms with Crippen molar-refractivity contribution in [3.05, 3.63) is 42.1 Å². The molecule has 2 aliphatic heterocycles. The van der Waals surface area contributed by atoms with Crippen LogP contribution >= 0.6 is 0 Å². The molecule has 27 heavy (non-hydrogen) atoms. The Morgan fingerprint density at radius 3 is 2.89 bits per heavy atom. The molecule has 2 aliphatic rings. The third-order valence-corrected chi connectivity index (χ3v) is 5.31. The van der Waals surface area contributed by atoms with E-state index in [2.05, 4.69) is 19.9 Å². The van der Waals surface area contributed by atoms with Gasteiger partial charge in [0.15, 0.2) is 5.75 Å². The second kappa shape index (κ2) is 8.00. The molecule has 2 fully saturated rings. The van der Waals surface area contributed by atoms with Gasteiger partial charge >= 0.3 is 0 Å². The topological polar surface area (TPSA) is 71.5 Å². The van der Waals surface area contributed by atoms with Crippen molar-refractivity contribution >= 4 is 5.91 Å². The molecule has 1 atom stereocenters. The number of carbonyl (C=O) groups excluding carboxylic acids is 1. The van der Waals surface area contributed by atoms with Gasteiger partial charge in [0.1, 0.15) is 0 Å². The zero-order valence-electron chi connectivity index (χ0n) is 15.7.